The summed E-state index contributed by atoms with van der Waals surface area (Å²) in [4.78, 5) is 6.44. The zero-order valence-corrected chi connectivity index (χ0v) is 11.9. The molecule has 22 heavy (non-hydrogen) atoms. The van der Waals surface area contributed by atoms with E-state index in [1.54, 1.807) is 42.5 Å². The summed E-state index contributed by atoms with van der Waals surface area (Å²) in [5.74, 6) is 0. The van der Waals surface area contributed by atoms with Gasteiger partial charge in [-0.05, 0) is 35.9 Å². The van der Waals surface area contributed by atoms with Crippen molar-refractivity contribution >= 4 is 11.6 Å². The van der Waals surface area contributed by atoms with Gasteiger partial charge in [-0.2, -0.15) is 13.2 Å². The maximum atomic E-state index is 13.3. The molecule has 1 aromatic carbocycles. The summed E-state index contributed by atoms with van der Waals surface area (Å²) in [6, 6.07) is 12.9. The number of nitrogens with one attached hydrogen (secondary N) is 1. The van der Waals surface area contributed by atoms with Gasteiger partial charge in [0.1, 0.15) is 5.69 Å². The predicted octanol–water partition coefficient (Wildman–Crippen LogP) is 5.42. The van der Waals surface area contributed by atoms with Gasteiger partial charge in [0.2, 0.25) is 0 Å². The maximum absolute atomic E-state index is 13.3. The number of rotatable bonds is 2. The molecule has 3 rings (SSSR count). The van der Waals surface area contributed by atoms with Crippen LogP contribution in [0.4, 0.5) is 13.2 Å². The molecule has 112 valence electrons. The van der Waals surface area contributed by atoms with E-state index in [9.17, 15) is 13.2 Å². The zero-order valence-electron chi connectivity index (χ0n) is 11.2. The Balaban J connectivity index is 2.18. The minimum atomic E-state index is -4.50. The average molecular weight is 323 g/mol. The molecule has 0 bridgehead atoms. The van der Waals surface area contributed by atoms with E-state index >= 15 is 0 Å². The van der Waals surface area contributed by atoms with Crippen molar-refractivity contribution in [3.63, 3.8) is 0 Å². The van der Waals surface area contributed by atoms with E-state index in [-0.39, 0.29) is 11.3 Å². The highest BCUT2D eigenvalue weighted by molar-refractivity contribution is 6.30. The monoisotopic (exact) mass is 322 g/mol. The Kier molecular flexibility index (Phi) is 3.66. The molecule has 0 spiro atoms. The Hall–Kier alpha value is -2.27. The fourth-order valence-electron chi connectivity index (χ4n) is 2.21. The van der Waals surface area contributed by atoms with Crippen LogP contribution in [-0.2, 0) is 6.18 Å². The minimum absolute atomic E-state index is 0.0167. The lowest BCUT2D eigenvalue weighted by Gasteiger charge is -2.07. The summed E-state index contributed by atoms with van der Waals surface area (Å²) in [5.41, 5.74) is 0.388. The summed E-state index contributed by atoms with van der Waals surface area (Å²) < 4.78 is 39.8. The Bertz CT molecular complexity index is 795. The summed E-state index contributed by atoms with van der Waals surface area (Å²) in [6.07, 6.45) is -3.04. The smallest absolute Gasteiger partial charge is 0.350 e. The topological polar surface area (TPSA) is 28.7 Å². The van der Waals surface area contributed by atoms with E-state index in [0.717, 1.165) is 0 Å². The number of alkyl halides is 3. The van der Waals surface area contributed by atoms with E-state index in [0.29, 0.717) is 16.3 Å². The van der Waals surface area contributed by atoms with Crippen molar-refractivity contribution in [2.75, 3.05) is 0 Å². The van der Waals surface area contributed by atoms with Crippen LogP contribution in [-0.4, -0.2) is 9.97 Å². The number of hydrogen-bond donors (Lipinski definition) is 1. The molecule has 2 nitrogen and oxygen atoms in total. The maximum Gasteiger partial charge on any atom is 0.431 e. The Morgan fingerprint density at radius 1 is 1.00 bits per heavy atom. The predicted molar refractivity (Wildman–Crippen MR) is 79.5 cm³/mol. The highest BCUT2D eigenvalue weighted by atomic mass is 35.5. The number of H-pyrrole nitrogens is 1. The van der Waals surface area contributed by atoms with Gasteiger partial charge in [0.25, 0.3) is 0 Å². The molecule has 6 heteroatoms. The molecular formula is C16H10ClF3N2. The van der Waals surface area contributed by atoms with Gasteiger partial charge in [-0.1, -0.05) is 29.8 Å². The molecule has 2 aromatic heterocycles. The quantitative estimate of drug-likeness (QED) is 0.671. The highest BCUT2D eigenvalue weighted by Crippen LogP contribution is 2.38. The first kappa shape index (κ1) is 14.7. The number of aromatic amines is 1. The van der Waals surface area contributed by atoms with E-state index in [1.165, 1.54) is 12.3 Å². The normalized spacial score (nSPS) is 11.6. The molecule has 0 radical (unpaired) electrons. The summed E-state index contributed by atoms with van der Waals surface area (Å²) >= 11 is 5.90. The third kappa shape index (κ3) is 2.85. The SMILES string of the molecule is FC(F)(F)c1[nH]c(-c2cccc(Cl)c2)cc1-c1ccccn1. The molecule has 1 N–H and O–H groups in total. The molecule has 0 saturated heterocycles. The largest absolute Gasteiger partial charge is 0.431 e. The second-order valence-electron chi connectivity index (χ2n) is 4.69. The van der Waals surface area contributed by atoms with Gasteiger partial charge in [-0.15, -0.1) is 0 Å². The van der Waals surface area contributed by atoms with Crippen LogP contribution >= 0.6 is 11.6 Å². The first-order valence-corrected chi connectivity index (χ1v) is 6.80. The van der Waals surface area contributed by atoms with Gasteiger partial charge in [0, 0.05) is 22.5 Å². The second-order valence-corrected chi connectivity index (χ2v) is 5.13. The van der Waals surface area contributed by atoms with Crippen molar-refractivity contribution < 1.29 is 13.2 Å². The van der Waals surface area contributed by atoms with Crippen LogP contribution in [0, 0.1) is 0 Å². The summed E-state index contributed by atoms with van der Waals surface area (Å²) in [5, 5.41) is 0.458. The fraction of sp³-hybridized carbons (Fsp3) is 0.0625. The first-order chi connectivity index (χ1) is 10.4. The van der Waals surface area contributed by atoms with Gasteiger partial charge in [-0.25, -0.2) is 0 Å². The first-order valence-electron chi connectivity index (χ1n) is 6.43. The van der Waals surface area contributed by atoms with Gasteiger partial charge in [-0.3, -0.25) is 4.98 Å². The van der Waals surface area contributed by atoms with Gasteiger partial charge in [0.15, 0.2) is 0 Å². The molecule has 0 aliphatic carbocycles. The Labute approximate surface area is 129 Å². The lowest BCUT2D eigenvalue weighted by atomic mass is 10.1. The van der Waals surface area contributed by atoms with Crippen LogP contribution in [0.25, 0.3) is 22.5 Å². The van der Waals surface area contributed by atoms with Crippen molar-refractivity contribution in [2.24, 2.45) is 0 Å². The lowest BCUT2D eigenvalue weighted by molar-refractivity contribution is -0.140. The third-order valence-corrected chi connectivity index (χ3v) is 3.41. The van der Waals surface area contributed by atoms with Crippen molar-refractivity contribution in [2.45, 2.75) is 6.18 Å². The number of benzene rings is 1. The molecule has 0 unspecified atom stereocenters. The van der Waals surface area contributed by atoms with E-state index < -0.39 is 11.9 Å². The molecular weight excluding hydrogens is 313 g/mol. The van der Waals surface area contributed by atoms with Crippen molar-refractivity contribution in [3.05, 3.63) is 65.4 Å². The number of pyridine rings is 1. The van der Waals surface area contributed by atoms with Crippen molar-refractivity contribution in [1.29, 1.82) is 0 Å². The van der Waals surface area contributed by atoms with Crippen molar-refractivity contribution in [1.82, 2.24) is 9.97 Å². The van der Waals surface area contributed by atoms with Gasteiger partial charge >= 0.3 is 6.18 Å². The van der Waals surface area contributed by atoms with Crippen molar-refractivity contribution in [3.8, 4) is 22.5 Å². The Morgan fingerprint density at radius 3 is 2.45 bits per heavy atom. The molecule has 0 saturated carbocycles. The number of hydrogen-bond acceptors (Lipinski definition) is 1. The van der Waals surface area contributed by atoms with Crippen LogP contribution in [0.15, 0.2) is 54.7 Å². The number of aromatic nitrogens is 2. The van der Waals surface area contributed by atoms with Crippen LogP contribution in [0.5, 0.6) is 0 Å². The van der Waals surface area contributed by atoms with E-state index in [1.807, 2.05) is 0 Å². The highest BCUT2D eigenvalue weighted by Gasteiger charge is 2.36. The standard InChI is InChI=1S/C16H10ClF3N2/c17-11-5-3-4-10(8-11)14-9-12(13-6-1-2-7-21-13)15(22-14)16(18,19)20/h1-9,22H. The molecule has 2 heterocycles. The average Bonchev–Trinajstić information content (AvgIpc) is 2.93. The number of halogens is 4. The lowest BCUT2D eigenvalue weighted by Crippen LogP contribution is -2.07. The zero-order chi connectivity index (χ0) is 15.7. The van der Waals surface area contributed by atoms with Crippen LogP contribution < -0.4 is 0 Å². The van der Waals surface area contributed by atoms with Crippen LogP contribution in [0.1, 0.15) is 5.69 Å². The molecule has 0 aliphatic rings. The second kappa shape index (κ2) is 5.50. The van der Waals surface area contributed by atoms with Crippen LogP contribution in [0.2, 0.25) is 5.02 Å². The minimum Gasteiger partial charge on any atom is -0.350 e. The molecule has 3 aromatic rings. The van der Waals surface area contributed by atoms with Gasteiger partial charge < -0.3 is 4.98 Å². The fourth-order valence-corrected chi connectivity index (χ4v) is 2.40. The van der Waals surface area contributed by atoms with E-state index in [4.69, 9.17) is 11.6 Å². The molecule has 0 aliphatic heterocycles. The van der Waals surface area contributed by atoms with Gasteiger partial charge in [0.05, 0.1) is 5.69 Å². The summed E-state index contributed by atoms with van der Waals surface area (Å²) in [6.45, 7) is 0. The third-order valence-electron chi connectivity index (χ3n) is 3.18. The summed E-state index contributed by atoms with van der Waals surface area (Å²) in [7, 11) is 0. The van der Waals surface area contributed by atoms with E-state index in [2.05, 4.69) is 9.97 Å². The van der Waals surface area contributed by atoms with Crippen LogP contribution in [0.3, 0.4) is 0 Å². The molecule has 0 fully saturated rings. The number of nitrogens with zero attached hydrogens (tertiary/aromatic N) is 1. The molecule has 0 amide bonds. The molecule has 0 atom stereocenters. The Morgan fingerprint density at radius 2 is 1.82 bits per heavy atom.